The van der Waals surface area contributed by atoms with Crippen molar-refractivity contribution < 1.29 is 4.79 Å². The molecule has 0 bridgehead atoms. The van der Waals surface area contributed by atoms with Gasteiger partial charge in [-0.15, -0.1) is 0 Å². The number of fused-ring (bicyclic) bond motifs is 2. The summed E-state index contributed by atoms with van der Waals surface area (Å²) in [6.45, 7) is 6.24. The molecule has 1 saturated heterocycles. The second-order valence-electron chi connectivity index (χ2n) is 11.4. The van der Waals surface area contributed by atoms with Crippen molar-refractivity contribution >= 4 is 28.1 Å². The van der Waals surface area contributed by atoms with Gasteiger partial charge in [-0.2, -0.15) is 5.10 Å². The van der Waals surface area contributed by atoms with Crippen LogP contribution in [-0.4, -0.2) is 57.7 Å². The molecule has 2 fully saturated rings. The number of amides is 1. The van der Waals surface area contributed by atoms with E-state index in [1.165, 1.54) is 5.69 Å². The number of piperazine rings is 1. The van der Waals surface area contributed by atoms with Crippen LogP contribution in [0.1, 0.15) is 43.1 Å². The number of anilines is 1. The summed E-state index contributed by atoms with van der Waals surface area (Å²) in [5.74, 6) is 0.581. The summed E-state index contributed by atoms with van der Waals surface area (Å²) in [6, 6.07) is 20.7. The molecule has 3 aromatic heterocycles. The van der Waals surface area contributed by atoms with Crippen molar-refractivity contribution in [1.82, 2.24) is 30.2 Å². The maximum Gasteiger partial charge on any atom is 0.272 e. The minimum atomic E-state index is -0.133. The molecule has 0 spiro atoms. The fraction of sp³-hybridized carbons (Fsp3) is 0.333. The van der Waals surface area contributed by atoms with Crippen molar-refractivity contribution in [1.29, 1.82) is 0 Å². The van der Waals surface area contributed by atoms with Crippen LogP contribution in [0.15, 0.2) is 73.1 Å². The van der Waals surface area contributed by atoms with E-state index in [1.807, 2.05) is 42.7 Å². The maximum atomic E-state index is 13.9. The second-order valence-corrected chi connectivity index (χ2v) is 11.4. The van der Waals surface area contributed by atoms with Gasteiger partial charge in [0.05, 0.1) is 17.4 Å². The van der Waals surface area contributed by atoms with Crippen molar-refractivity contribution in [3.8, 4) is 22.4 Å². The summed E-state index contributed by atoms with van der Waals surface area (Å²) in [5.41, 5.74) is 6.79. The number of para-hydroxylation sites is 1. The largest absolute Gasteiger partial charge is 0.369 e. The third-order valence-corrected chi connectivity index (χ3v) is 8.64. The maximum absolute atomic E-state index is 13.9. The monoisotopic (exact) mass is 545 g/mol. The van der Waals surface area contributed by atoms with E-state index in [1.54, 1.807) is 4.52 Å². The molecular formula is C33H35N7O. The molecule has 8 nitrogen and oxygen atoms in total. The SMILES string of the molecule is CC1CCC(NC(=O)c2nn3c(-c4ccnc5ccccc45)cnc3cc2-c2ccc(N3CCNCC3)cc2)CC1. The van der Waals surface area contributed by atoms with Crippen LogP contribution in [0.5, 0.6) is 0 Å². The molecule has 0 radical (unpaired) electrons. The van der Waals surface area contributed by atoms with Gasteiger partial charge in [0.25, 0.3) is 5.91 Å². The Kier molecular flexibility index (Phi) is 6.84. The standard InChI is InChI=1S/C33H35N7O/c1-22-6-10-24(11-7-22)37-33(41)32-28(23-8-12-25(13-9-23)39-18-16-34-17-19-39)20-31-36-21-30(40(31)38-32)27-14-15-35-29-5-3-2-4-26(27)29/h2-5,8-9,12-15,20-22,24,34H,6-7,10-11,16-19H2,1H3,(H,37,41). The Labute approximate surface area is 239 Å². The smallest absolute Gasteiger partial charge is 0.272 e. The molecular weight excluding hydrogens is 510 g/mol. The molecule has 1 aliphatic carbocycles. The molecule has 208 valence electrons. The minimum absolute atomic E-state index is 0.133. The Morgan fingerprint density at radius 3 is 2.51 bits per heavy atom. The number of benzene rings is 2. The van der Waals surface area contributed by atoms with Gasteiger partial charge in [-0.3, -0.25) is 9.78 Å². The zero-order chi connectivity index (χ0) is 27.8. The first-order valence-corrected chi connectivity index (χ1v) is 14.7. The van der Waals surface area contributed by atoms with E-state index in [2.05, 4.69) is 57.8 Å². The number of carbonyl (C=O) groups excluding carboxylic acids is 1. The Morgan fingerprint density at radius 1 is 0.927 bits per heavy atom. The van der Waals surface area contributed by atoms with Crippen LogP contribution in [0.3, 0.4) is 0 Å². The molecule has 4 heterocycles. The van der Waals surface area contributed by atoms with Gasteiger partial charge in [0.15, 0.2) is 11.3 Å². The van der Waals surface area contributed by atoms with Gasteiger partial charge in [-0.05, 0) is 67.5 Å². The first kappa shape index (κ1) is 25.7. The van der Waals surface area contributed by atoms with E-state index in [4.69, 9.17) is 10.1 Å². The third-order valence-electron chi connectivity index (χ3n) is 8.64. The number of rotatable bonds is 5. The van der Waals surface area contributed by atoms with Crippen LogP contribution in [0.2, 0.25) is 0 Å². The number of hydrogen-bond donors (Lipinski definition) is 2. The van der Waals surface area contributed by atoms with Crippen LogP contribution in [0.25, 0.3) is 38.9 Å². The molecule has 7 rings (SSSR count). The molecule has 1 saturated carbocycles. The highest BCUT2D eigenvalue weighted by molar-refractivity contribution is 6.00. The van der Waals surface area contributed by atoms with Crippen LogP contribution in [0, 0.1) is 5.92 Å². The van der Waals surface area contributed by atoms with Crippen molar-refractivity contribution in [3.05, 3.63) is 78.8 Å². The van der Waals surface area contributed by atoms with Gasteiger partial charge < -0.3 is 15.5 Å². The highest BCUT2D eigenvalue weighted by Crippen LogP contribution is 2.32. The predicted molar refractivity (Wildman–Crippen MR) is 163 cm³/mol. The average molecular weight is 546 g/mol. The molecule has 0 atom stereocenters. The van der Waals surface area contributed by atoms with E-state index in [0.717, 1.165) is 85.1 Å². The first-order chi connectivity index (χ1) is 20.1. The lowest BCUT2D eigenvalue weighted by Gasteiger charge is -2.29. The van der Waals surface area contributed by atoms with Crippen LogP contribution in [0.4, 0.5) is 5.69 Å². The Hall–Kier alpha value is -4.30. The van der Waals surface area contributed by atoms with Gasteiger partial charge in [0.2, 0.25) is 0 Å². The first-order valence-electron chi connectivity index (χ1n) is 14.7. The van der Waals surface area contributed by atoms with Crippen molar-refractivity contribution in [3.63, 3.8) is 0 Å². The highest BCUT2D eigenvalue weighted by atomic mass is 16.2. The lowest BCUT2D eigenvalue weighted by molar-refractivity contribution is 0.0917. The van der Waals surface area contributed by atoms with Crippen LogP contribution < -0.4 is 15.5 Å². The van der Waals surface area contributed by atoms with E-state index < -0.39 is 0 Å². The quantitative estimate of drug-likeness (QED) is 0.311. The summed E-state index contributed by atoms with van der Waals surface area (Å²) in [4.78, 5) is 25.5. The van der Waals surface area contributed by atoms with E-state index >= 15 is 0 Å². The average Bonchev–Trinajstić information content (AvgIpc) is 3.44. The lowest BCUT2D eigenvalue weighted by atomic mass is 9.87. The Bertz CT molecular complexity index is 1690. The van der Waals surface area contributed by atoms with E-state index in [0.29, 0.717) is 17.3 Å². The highest BCUT2D eigenvalue weighted by Gasteiger charge is 2.25. The fourth-order valence-corrected chi connectivity index (χ4v) is 6.24. The van der Waals surface area contributed by atoms with Gasteiger partial charge in [0, 0.05) is 60.6 Å². The van der Waals surface area contributed by atoms with Gasteiger partial charge in [-0.1, -0.05) is 37.3 Å². The molecule has 2 N–H and O–H groups in total. The second kappa shape index (κ2) is 10.9. The molecule has 2 aliphatic rings. The zero-order valence-corrected chi connectivity index (χ0v) is 23.4. The lowest BCUT2D eigenvalue weighted by Crippen LogP contribution is -2.43. The molecule has 1 amide bonds. The Morgan fingerprint density at radius 2 is 1.71 bits per heavy atom. The van der Waals surface area contributed by atoms with Crippen LogP contribution >= 0.6 is 0 Å². The fourth-order valence-electron chi connectivity index (χ4n) is 6.24. The molecule has 2 aromatic carbocycles. The van der Waals surface area contributed by atoms with Gasteiger partial charge >= 0.3 is 0 Å². The zero-order valence-electron chi connectivity index (χ0n) is 23.4. The van der Waals surface area contributed by atoms with E-state index in [9.17, 15) is 4.79 Å². The number of nitrogens with zero attached hydrogens (tertiary/aromatic N) is 5. The number of carbonyl (C=O) groups is 1. The summed E-state index contributed by atoms with van der Waals surface area (Å²) >= 11 is 0. The molecule has 8 heteroatoms. The number of imidazole rings is 1. The third kappa shape index (κ3) is 5.04. The number of aromatic nitrogens is 4. The topological polar surface area (TPSA) is 87.5 Å². The van der Waals surface area contributed by atoms with Gasteiger partial charge in [0.1, 0.15) is 0 Å². The molecule has 5 aromatic rings. The number of nitrogens with one attached hydrogen (secondary N) is 2. The van der Waals surface area contributed by atoms with Gasteiger partial charge in [-0.25, -0.2) is 9.50 Å². The van der Waals surface area contributed by atoms with Crippen molar-refractivity contribution in [2.24, 2.45) is 5.92 Å². The normalized spacial score (nSPS) is 19.5. The minimum Gasteiger partial charge on any atom is -0.369 e. The molecule has 0 unspecified atom stereocenters. The number of hydrogen-bond acceptors (Lipinski definition) is 6. The van der Waals surface area contributed by atoms with Crippen molar-refractivity contribution in [2.45, 2.75) is 38.6 Å². The molecule has 1 aliphatic heterocycles. The predicted octanol–water partition coefficient (Wildman–Crippen LogP) is 5.33. The van der Waals surface area contributed by atoms with Crippen LogP contribution in [-0.2, 0) is 0 Å². The summed E-state index contributed by atoms with van der Waals surface area (Å²) in [7, 11) is 0. The summed E-state index contributed by atoms with van der Waals surface area (Å²) in [5, 5.41) is 12.7. The summed E-state index contributed by atoms with van der Waals surface area (Å²) in [6.07, 6.45) is 7.93. The number of pyridine rings is 1. The Balaban J connectivity index is 1.31. The summed E-state index contributed by atoms with van der Waals surface area (Å²) < 4.78 is 1.80. The van der Waals surface area contributed by atoms with E-state index in [-0.39, 0.29) is 11.9 Å². The molecule has 41 heavy (non-hydrogen) atoms. The van der Waals surface area contributed by atoms with Crippen molar-refractivity contribution in [2.75, 3.05) is 31.1 Å².